The predicted octanol–water partition coefficient (Wildman–Crippen LogP) is 1.61. The summed E-state index contributed by atoms with van der Waals surface area (Å²) in [5.41, 5.74) is 4.29. The van der Waals surface area contributed by atoms with Crippen molar-refractivity contribution in [2.24, 2.45) is 5.73 Å². The number of hydrogen-bond acceptors (Lipinski definition) is 2. The highest BCUT2D eigenvalue weighted by Gasteiger charge is 2.27. The minimum Gasteiger partial charge on any atom is -0.481 e. The minimum absolute atomic E-state index is 0.00806. The highest BCUT2D eigenvalue weighted by atomic mass is 19.1. The van der Waals surface area contributed by atoms with E-state index in [-0.39, 0.29) is 5.56 Å². The van der Waals surface area contributed by atoms with Crippen molar-refractivity contribution >= 4 is 5.97 Å². The number of aliphatic carboxylic acids is 1. The average molecular weight is 215 g/mol. The van der Waals surface area contributed by atoms with Crippen molar-refractivity contribution < 1.29 is 18.7 Å². The summed E-state index contributed by atoms with van der Waals surface area (Å²) in [4.78, 5) is 10.5. The molecule has 0 aliphatic heterocycles. The van der Waals surface area contributed by atoms with E-state index in [1.54, 1.807) is 0 Å². The summed E-state index contributed by atoms with van der Waals surface area (Å²) in [5.74, 6) is -2.69. The lowest BCUT2D eigenvalue weighted by atomic mass is 9.89. The Morgan fingerprint density at radius 3 is 2.60 bits per heavy atom. The van der Waals surface area contributed by atoms with Crippen molar-refractivity contribution in [2.45, 2.75) is 18.9 Å². The number of hydrogen-bond donors (Lipinski definition) is 2. The molecule has 0 spiro atoms. The summed E-state index contributed by atoms with van der Waals surface area (Å²) in [7, 11) is 0. The van der Waals surface area contributed by atoms with Crippen LogP contribution in [0.5, 0.6) is 0 Å². The molecular weight excluding hydrogens is 204 g/mol. The zero-order valence-corrected chi connectivity index (χ0v) is 8.13. The number of rotatable bonds is 3. The predicted molar refractivity (Wildman–Crippen MR) is 50.2 cm³/mol. The Hall–Kier alpha value is -1.49. The van der Waals surface area contributed by atoms with Gasteiger partial charge in [0.25, 0.3) is 0 Å². The van der Waals surface area contributed by atoms with Gasteiger partial charge in [-0.05, 0) is 13.0 Å². The van der Waals surface area contributed by atoms with Crippen molar-refractivity contribution in [3.63, 3.8) is 0 Å². The van der Waals surface area contributed by atoms with Gasteiger partial charge in [-0.25, -0.2) is 8.78 Å². The van der Waals surface area contributed by atoms with Gasteiger partial charge in [-0.3, -0.25) is 4.79 Å². The summed E-state index contributed by atoms with van der Waals surface area (Å²) < 4.78 is 25.9. The Bertz CT molecular complexity index is 391. The maximum atomic E-state index is 13.3. The lowest BCUT2D eigenvalue weighted by Crippen LogP contribution is -2.36. The smallest absolute Gasteiger partial charge is 0.305 e. The van der Waals surface area contributed by atoms with Crippen LogP contribution in [-0.2, 0) is 10.3 Å². The van der Waals surface area contributed by atoms with Gasteiger partial charge in [0, 0.05) is 11.6 Å². The number of carboxylic acids is 1. The van der Waals surface area contributed by atoms with E-state index >= 15 is 0 Å². The van der Waals surface area contributed by atoms with Gasteiger partial charge in [0.05, 0.1) is 12.0 Å². The monoisotopic (exact) mass is 215 g/mol. The average Bonchev–Trinajstić information content (AvgIpc) is 1.99. The molecular formula is C10H11F2NO2. The lowest BCUT2D eigenvalue weighted by molar-refractivity contribution is -0.138. The molecule has 5 heteroatoms. The van der Waals surface area contributed by atoms with Gasteiger partial charge in [0.15, 0.2) is 0 Å². The molecule has 1 atom stereocenters. The van der Waals surface area contributed by atoms with Crippen molar-refractivity contribution in [2.75, 3.05) is 0 Å². The molecule has 1 rings (SSSR count). The van der Waals surface area contributed by atoms with E-state index in [9.17, 15) is 13.6 Å². The van der Waals surface area contributed by atoms with E-state index < -0.39 is 29.6 Å². The molecule has 0 aromatic heterocycles. The summed E-state index contributed by atoms with van der Waals surface area (Å²) in [6.07, 6.45) is -0.421. The fourth-order valence-corrected chi connectivity index (χ4v) is 1.36. The Morgan fingerprint density at radius 2 is 2.13 bits per heavy atom. The normalized spacial score (nSPS) is 14.7. The lowest BCUT2D eigenvalue weighted by Gasteiger charge is -2.23. The van der Waals surface area contributed by atoms with Crippen LogP contribution in [0.25, 0.3) is 0 Å². The maximum absolute atomic E-state index is 13.3. The topological polar surface area (TPSA) is 63.3 Å². The first-order valence-electron chi connectivity index (χ1n) is 4.29. The first kappa shape index (κ1) is 11.6. The van der Waals surface area contributed by atoms with Crippen LogP contribution >= 0.6 is 0 Å². The van der Waals surface area contributed by atoms with Crippen LogP contribution in [-0.4, -0.2) is 11.1 Å². The molecule has 0 fully saturated rings. The summed E-state index contributed by atoms with van der Waals surface area (Å²) >= 11 is 0. The Balaban J connectivity index is 3.09. The van der Waals surface area contributed by atoms with Crippen LogP contribution in [0.3, 0.4) is 0 Å². The summed E-state index contributed by atoms with van der Waals surface area (Å²) in [6.45, 7) is 1.39. The number of carbonyl (C=O) groups is 1. The molecule has 82 valence electrons. The molecule has 1 aromatic rings. The molecule has 0 amide bonds. The zero-order valence-electron chi connectivity index (χ0n) is 8.13. The summed E-state index contributed by atoms with van der Waals surface area (Å²) in [6, 6.07) is 2.89. The first-order valence-corrected chi connectivity index (χ1v) is 4.29. The van der Waals surface area contributed by atoms with Crippen molar-refractivity contribution in [3.05, 3.63) is 35.4 Å². The van der Waals surface area contributed by atoms with Gasteiger partial charge in [-0.2, -0.15) is 0 Å². The van der Waals surface area contributed by atoms with Crippen LogP contribution in [0.1, 0.15) is 18.9 Å². The van der Waals surface area contributed by atoms with E-state index in [0.717, 1.165) is 12.1 Å². The molecule has 0 aliphatic carbocycles. The number of halogens is 2. The molecule has 0 bridgehead atoms. The SMILES string of the molecule is CC(N)(CC(=O)O)c1ccc(F)cc1F. The maximum Gasteiger partial charge on any atom is 0.305 e. The molecule has 1 aromatic carbocycles. The third-order valence-corrected chi connectivity index (χ3v) is 2.06. The van der Waals surface area contributed by atoms with Gasteiger partial charge >= 0.3 is 5.97 Å². The highest BCUT2D eigenvalue weighted by Crippen LogP contribution is 2.24. The number of benzene rings is 1. The third kappa shape index (κ3) is 2.73. The van der Waals surface area contributed by atoms with Crippen LogP contribution in [0.15, 0.2) is 18.2 Å². The van der Waals surface area contributed by atoms with Gasteiger partial charge in [0.2, 0.25) is 0 Å². The molecule has 3 N–H and O–H groups in total. The fraction of sp³-hybridized carbons (Fsp3) is 0.300. The quantitative estimate of drug-likeness (QED) is 0.805. The molecule has 1 unspecified atom stereocenters. The van der Waals surface area contributed by atoms with Crippen LogP contribution in [0, 0.1) is 11.6 Å². The van der Waals surface area contributed by atoms with Crippen molar-refractivity contribution in [3.8, 4) is 0 Å². The second kappa shape index (κ2) is 3.94. The van der Waals surface area contributed by atoms with E-state index in [0.29, 0.717) is 6.07 Å². The number of nitrogens with two attached hydrogens (primary N) is 1. The molecule has 0 radical (unpaired) electrons. The molecule has 0 saturated carbocycles. The third-order valence-electron chi connectivity index (χ3n) is 2.06. The van der Waals surface area contributed by atoms with Crippen molar-refractivity contribution in [1.29, 1.82) is 0 Å². The standard InChI is InChI=1S/C10H11F2NO2/c1-10(13,5-9(14)15)7-3-2-6(11)4-8(7)12/h2-4H,5,13H2,1H3,(H,14,15). The largest absolute Gasteiger partial charge is 0.481 e. The van der Waals surface area contributed by atoms with Crippen LogP contribution < -0.4 is 5.73 Å². The molecule has 0 saturated heterocycles. The van der Waals surface area contributed by atoms with Gasteiger partial charge < -0.3 is 10.8 Å². The first-order chi connectivity index (χ1) is 6.83. The van der Waals surface area contributed by atoms with Crippen LogP contribution in [0.2, 0.25) is 0 Å². The second-order valence-corrected chi connectivity index (χ2v) is 3.61. The van der Waals surface area contributed by atoms with Crippen molar-refractivity contribution in [1.82, 2.24) is 0 Å². The van der Waals surface area contributed by atoms with Gasteiger partial charge in [-0.1, -0.05) is 6.07 Å². The molecule has 0 heterocycles. The Morgan fingerprint density at radius 1 is 1.53 bits per heavy atom. The minimum atomic E-state index is -1.34. The van der Waals surface area contributed by atoms with E-state index in [2.05, 4.69) is 0 Å². The fourth-order valence-electron chi connectivity index (χ4n) is 1.36. The zero-order chi connectivity index (χ0) is 11.6. The highest BCUT2D eigenvalue weighted by molar-refractivity contribution is 5.68. The number of carboxylic acid groups (broad SMARTS) is 1. The van der Waals surface area contributed by atoms with E-state index in [1.165, 1.54) is 6.92 Å². The van der Waals surface area contributed by atoms with Crippen LogP contribution in [0.4, 0.5) is 8.78 Å². The van der Waals surface area contributed by atoms with Gasteiger partial charge in [0.1, 0.15) is 11.6 Å². The molecule has 3 nitrogen and oxygen atoms in total. The molecule has 15 heavy (non-hydrogen) atoms. The Labute approximate surface area is 85.5 Å². The van der Waals surface area contributed by atoms with E-state index in [1.807, 2.05) is 0 Å². The summed E-state index contributed by atoms with van der Waals surface area (Å²) in [5, 5.41) is 8.58. The second-order valence-electron chi connectivity index (χ2n) is 3.61. The molecule has 0 aliphatic rings. The van der Waals surface area contributed by atoms with E-state index in [4.69, 9.17) is 10.8 Å². The van der Waals surface area contributed by atoms with Gasteiger partial charge in [-0.15, -0.1) is 0 Å². The Kier molecular flexibility index (Phi) is 3.04.